The van der Waals surface area contributed by atoms with Crippen molar-refractivity contribution >= 4 is 21.9 Å². The number of rotatable bonds is 6. The normalized spacial score (nSPS) is 12.0. The molecule has 0 radical (unpaired) electrons. The third kappa shape index (κ3) is 4.77. The second-order valence-corrected chi connectivity index (χ2v) is 7.69. The van der Waals surface area contributed by atoms with Gasteiger partial charge in [-0.3, -0.25) is 9.59 Å². The number of hydrogen-bond acceptors (Lipinski definition) is 4. The summed E-state index contributed by atoms with van der Waals surface area (Å²) in [5.74, 6) is -1.42. The molecule has 0 spiro atoms. The topological polar surface area (TPSA) is 127 Å². The molecule has 0 fully saturated rings. The van der Waals surface area contributed by atoms with Gasteiger partial charge in [0.1, 0.15) is 0 Å². The van der Waals surface area contributed by atoms with Crippen molar-refractivity contribution in [2.45, 2.75) is 39.0 Å². The van der Waals surface area contributed by atoms with Crippen LogP contribution in [0.25, 0.3) is 0 Å². The van der Waals surface area contributed by atoms with E-state index in [-0.39, 0.29) is 23.4 Å². The maximum absolute atomic E-state index is 12.1. The molecule has 0 aromatic heterocycles. The van der Waals surface area contributed by atoms with Gasteiger partial charge in [0.2, 0.25) is 10.0 Å². The number of carbonyl (C=O) groups excluding carboxylic acids is 1. The summed E-state index contributed by atoms with van der Waals surface area (Å²) in [5.41, 5.74) is 0.344. The summed E-state index contributed by atoms with van der Waals surface area (Å²) in [6, 6.07) is 2.80. The van der Waals surface area contributed by atoms with Gasteiger partial charge < -0.3 is 10.4 Å². The van der Waals surface area contributed by atoms with Crippen LogP contribution in [0.4, 0.5) is 0 Å². The zero-order valence-corrected chi connectivity index (χ0v) is 14.5. The highest BCUT2D eigenvalue weighted by atomic mass is 32.2. The molecule has 0 unspecified atom stereocenters. The standard InChI is InChI=1S/C15H22N2O5S/c1-9-7-11(8-12(10(9)2)23(16,21)22)13(18)17-6-5-15(3,4)14(19)20/h7-8H,5-6H2,1-4H3,(H,17,18)(H,19,20)(H2,16,21,22). The Morgan fingerprint density at radius 1 is 1.26 bits per heavy atom. The van der Waals surface area contributed by atoms with E-state index in [4.69, 9.17) is 10.2 Å². The van der Waals surface area contributed by atoms with Crippen LogP contribution in [-0.4, -0.2) is 31.9 Å². The van der Waals surface area contributed by atoms with Crippen LogP contribution in [0.15, 0.2) is 17.0 Å². The van der Waals surface area contributed by atoms with Crippen molar-refractivity contribution in [2.75, 3.05) is 6.54 Å². The summed E-state index contributed by atoms with van der Waals surface area (Å²) in [5, 5.41) is 16.8. The van der Waals surface area contributed by atoms with Crippen LogP contribution in [-0.2, 0) is 14.8 Å². The smallest absolute Gasteiger partial charge is 0.309 e. The van der Waals surface area contributed by atoms with E-state index in [1.54, 1.807) is 33.8 Å². The van der Waals surface area contributed by atoms with Gasteiger partial charge in [-0.2, -0.15) is 0 Å². The second-order valence-electron chi connectivity index (χ2n) is 6.16. The molecule has 23 heavy (non-hydrogen) atoms. The summed E-state index contributed by atoms with van der Waals surface area (Å²) < 4.78 is 23.2. The van der Waals surface area contributed by atoms with E-state index >= 15 is 0 Å². The lowest BCUT2D eigenvalue weighted by atomic mass is 9.89. The number of carboxylic acids is 1. The van der Waals surface area contributed by atoms with Gasteiger partial charge in [-0.25, -0.2) is 13.6 Å². The zero-order valence-electron chi connectivity index (χ0n) is 13.6. The molecule has 1 amide bonds. The minimum absolute atomic E-state index is 0.0893. The number of sulfonamides is 1. The lowest BCUT2D eigenvalue weighted by Gasteiger charge is -2.19. The molecule has 0 aliphatic carbocycles. The summed E-state index contributed by atoms with van der Waals surface area (Å²) >= 11 is 0. The van der Waals surface area contributed by atoms with Crippen molar-refractivity contribution in [1.29, 1.82) is 0 Å². The monoisotopic (exact) mass is 342 g/mol. The number of primary sulfonamides is 1. The predicted octanol–water partition coefficient (Wildman–Crippen LogP) is 1.18. The molecule has 7 nitrogen and oxygen atoms in total. The van der Waals surface area contributed by atoms with E-state index < -0.39 is 27.3 Å². The van der Waals surface area contributed by atoms with Crippen LogP contribution in [0.5, 0.6) is 0 Å². The average molecular weight is 342 g/mol. The number of benzene rings is 1. The number of amides is 1. The quantitative estimate of drug-likeness (QED) is 0.715. The fourth-order valence-electron chi connectivity index (χ4n) is 1.95. The first kappa shape index (κ1) is 19.1. The SMILES string of the molecule is Cc1cc(C(=O)NCCC(C)(C)C(=O)O)cc(S(N)(=O)=O)c1C. The highest BCUT2D eigenvalue weighted by molar-refractivity contribution is 7.89. The molecule has 1 rings (SSSR count). The maximum Gasteiger partial charge on any atom is 0.309 e. The Kier molecular flexibility index (Phi) is 5.55. The molecule has 8 heteroatoms. The number of carbonyl (C=O) groups is 2. The molecule has 0 aliphatic heterocycles. The van der Waals surface area contributed by atoms with Gasteiger partial charge in [0, 0.05) is 12.1 Å². The lowest BCUT2D eigenvalue weighted by molar-refractivity contribution is -0.147. The molecule has 0 saturated carbocycles. The summed E-state index contributed by atoms with van der Waals surface area (Å²) in [4.78, 5) is 23.1. The maximum atomic E-state index is 12.1. The molecule has 1 aromatic carbocycles. The van der Waals surface area contributed by atoms with Crippen LogP contribution >= 0.6 is 0 Å². The fraction of sp³-hybridized carbons (Fsp3) is 0.467. The Labute approximate surface area is 135 Å². The van der Waals surface area contributed by atoms with Crippen LogP contribution in [0.2, 0.25) is 0 Å². The number of nitrogens with two attached hydrogens (primary N) is 1. The van der Waals surface area contributed by atoms with Gasteiger partial charge >= 0.3 is 5.97 Å². The Bertz CT molecular complexity index is 738. The minimum Gasteiger partial charge on any atom is -0.481 e. The highest BCUT2D eigenvalue weighted by Gasteiger charge is 2.26. The third-order valence-corrected chi connectivity index (χ3v) is 4.84. The summed E-state index contributed by atoms with van der Waals surface area (Å²) in [7, 11) is -3.92. The molecular weight excluding hydrogens is 320 g/mol. The summed E-state index contributed by atoms with van der Waals surface area (Å²) in [6.45, 7) is 6.60. The van der Waals surface area contributed by atoms with Crippen LogP contribution < -0.4 is 10.5 Å². The van der Waals surface area contributed by atoms with E-state index in [1.165, 1.54) is 6.07 Å². The first-order chi connectivity index (χ1) is 10.4. The Balaban J connectivity index is 2.94. The molecule has 0 saturated heterocycles. The van der Waals surface area contributed by atoms with Crippen molar-refractivity contribution in [2.24, 2.45) is 10.6 Å². The highest BCUT2D eigenvalue weighted by Crippen LogP contribution is 2.21. The van der Waals surface area contributed by atoms with Crippen LogP contribution in [0, 0.1) is 19.3 Å². The minimum atomic E-state index is -3.92. The van der Waals surface area contributed by atoms with Crippen molar-refractivity contribution in [3.63, 3.8) is 0 Å². The number of aliphatic carboxylic acids is 1. The molecule has 0 atom stereocenters. The number of aryl methyl sites for hydroxylation is 1. The number of hydrogen-bond donors (Lipinski definition) is 3. The Morgan fingerprint density at radius 2 is 1.83 bits per heavy atom. The largest absolute Gasteiger partial charge is 0.481 e. The van der Waals surface area contributed by atoms with Gasteiger partial charge in [-0.1, -0.05) is 0 Å². The van der Waals surface area contributed by atoms with Crippen molar-refractivity contribution in [3.05, 3.63) is 28.8 Å². The number of nitrogens with one attached hydrogen (secondary N) is 1. The fourth-order valence-corrected chi connectivity index (χ4v) is 2.83. The molecule has 0 bridgehead atoms. The predicted molar refractivity (Wildman–Crippen MR) is 85.7 cm³/mol. The van der Waals surface area contributed by atoms with E-state index in [0.29, 0.717) is 11.1 Å². The van der Waals surface area contributed by atoms with E-state index in [1.807, 2.05) is 0 Å². The molecule has 128 valence electrons. The third-order valence-electron chi connectivity index (χ3n) is 3.80. The molecule has 1 aromatic rings. The van der Waals surface area contributed by atoms with Gasteiger partial charge in [0.15, 0.2) is 0 Å². The number of carboxylic acid groups (broad SMARTS) is 1. The first-order valence-electron chi connectivity index (χ1n) is 7.02. The first-order valence-corrected chi connectivity index (χ1v) is 8.56. The molecular formula is C15H22N2O5S. The Morgan fingerprint density at radius 3 is 2.30 bits per heavy atom. The van der Waals surface area contributed by atoms with E-state index in [0.717, 1.165) is 0 Å². The summed E-state index contributed by atoms with van der Waals surface area (Å²) in [6.07, 6.45) is 0.251. The lowest BCUT2D eigenvalue weighted by Crippen LogP contribution is -2.32. The molecule has 4 N–H and O–H groups in total. The van der Waals surface area contributed by atoms with Gasteiger partial charge in [0.25, 0.3) is 5.91 Å². The zero-order chi connectivity index (χ0) is 18.0. The molecule has 0 heterocycles. The average Bonchev–Trinajstić information content (AvgIpc) is 2.39. The van der Waals surface area contributed by atoms with Crippen LogP contribution in [0.1, 0.15) is 41.8 Å². The van der Waals surface area contributed by atoms with Crippen molar-refractivity contribution < 1.29 is 23.1 Å². The van der Waals surface area contributed by atoms with Crippen LogP contribution in [0.3, 0.4) is 0 Å². The van der Waals surface area contributed by atoms with Gasteiger partial charge in [-0.05, 0) is 57.4 Å². The van der Waals surface area contributed by atoms with Gasteiger partial charge in [-0.15, -0.1) is 0 Å². The van der Waals surface area contributed by atoms with Crippen molar-refractivity contribution in [3.8, 4) is 0 Å². The second kappa shape index (κ2) is 6.67. The van der Waals surface area contributed by atoms with Crippen molar-refractivity contribution in [1.82, 2.24) is 5.32 Å². The van der Waals surface area contributed by atoms with E-state index in [2.05, 4.69) is 5.32 Å². The molecule has 0 aliphatic rings. The van der Waals surface area contributed by atoms with Gasteiger partial charge in [0.05, 0.1) is 10.3 Å². The van der Waals surface area contributed by atoms with E-state index in [9.17, 15) is 18.0 Å². The Hall–Kier alpha value is -1.93.